The fourth-order valence-corrected chi connectivity index (χ4v) is 6.21. The van der Waals surface area contributed by atoms with Crippen molar-refractivity contribution in [3.05, 3.63) is 36.5 Å². The molecule has 0 fully saturated rings. The van der Waals surface area contributed by atoms with Crippen LogP contribution < -0.4 is 5.32 Å². The van der Waals surface area contributed by atoms with Crippen molar-refractivity contribution in [2.45, 2.75) is 225 Å². The van der Waals surface area contributed by atoms with Crippen LogP contribution in [0.1, 0.15) is 213 Å². The van der Waals surface area contributed by atoms with Gasteiger partial charge in [-0.1, -0.05) is 153 Å². The van der Waals surface area contributed by atoms with Crippen molar-refractivity contribution in [2.24, 2.45) is 0 Å². The standard InChI is InChI=1S/C45H83NO5/c1-3-5-7-9-11-13-14-19-23-27-31-35-39-45(50)51-40-36-32-28-24-20-17-15-16-18-22-26-30-34-38-44(49)46-42(41-47)43(48)37-33-29-25-21-12-10-8-6-4-2/h11,13,16,18,33,37,42-43,47-48H,3-10,12,14-15,17,19-32,34-36,38-41H2,1-2H3,(H,46,49)/b13-11-,18-16-,37-33+. The van der Waals surface area contributed by atoms with E-state index in [1.807, 2.05) is 6.08 Å². The number of aliphatic hydroxyl groups is 2. The smallest absolute Gasteiger partial charge is 0.305 e. The molecule has 6 heteroatoms. The Morgan fingerprint density at radius 3 is 1.45 bits per heavy atom. The number of rotatable bonds is 39. The molecular formula is C45H83NO5. The lowest BCUT2D eigenvalue weighted by Crippen LogP contribution is -2.45. The summed E-state index contributed by atoms with van der Waals surface area (Å²) in [7, 11) is 0. The third-order valence-corrected chi connectivity index (χ3v) is 9.63. The van der Waals surface area contributed by atoms with Crippen LogP contribution in [0.2, 0.25) is 0 Å². The Bertz CT molecular complexity index is 838. The normalized spacial score (nSPS) is 13.1. The lowest BCUT2D eigenvalue weighted by molar-refractivity contribution is -0.143. The second-order valence-corrected chi connectivity index (χ2v) is 14.7. The molecule has 0 aliphatic heterocycles. The van der Waals surface area contributed by atoms with Gasteiger partial charge in [0.25, 0.3) is 0 Å². The molecule has 1 amide bonds. The quantitative estimate of drug-likeness (QED) is 0.0334. The summed E-state index contributed by atoms with van der Waals surface area (Å²) in [6.07, 6.45) is 47.0. The minimum absolute atomic E-state index is 0.0258. The molecule has 0 aliphatic carbocycles. The summed E-state index contributed by atoms with van der Waals surface area (Å²) in [6, 6.07) is -0.646. The van der Waals surface area contributed by atoms with Gasteiger partial charge in [0.05, 0.1) is 25.4 Å². The highest BCUT2D eigenvalue weighted by atomic mass is 16.5. The zero-order valence-corrected chi connectivity index (χ0v) is 33.6. The minimum atomic E-state index is -0.859. The van der Waals surface area contributed by atoms with Crippen molar-refractivity contribution >= 4 is 11.9 Å². The molecule has 0 spiro atoms. The number of esters is 1. The fraction of sp³-hybridized carbons (Fsp3) is 0.822. The van der Waals surface area contributed by atoms with Crippen LogP contribution >= 0.6 is 0 Å². The maximum absolute atomic E-state index is 12.3. The van der Waals surface area contributed by atoms with Crippen LogP contribution in [0.3, 0.4) is 0 Å². The van der Waals surface area contributed by atoms with E-state index in [2.05, 4.69) is 43.5 Å². The fourth-order valence-electron chi connectivity index (χ4n) is 6.21. The summed E-state index contributed by atoms with van der Waals surface area (Å²) in [4.78, 5) is 24.3. The second-order valence-electron chi connectivity index (χ2n) is 14.7. The first kappa shape index (κ1) is 49.1. The molecular weight excluding hydrogens is 634 g/mol. The maximum Gasteiger partial charge on any atom is 0.305 e. The van der Waals surface area contributed by atoms with Crippen LogP contribution in [-0.2, 0) is 14.3 Å². The molecule has 6 nitrogen and oxygen atoms in total. The van der Waals surface area contributed by atoms with E-state index >= 15 is 0 Å². The largest absolute Gasteiger partial charge is 0.466 e. The van der Waals surface area contributed by atoms with Crippen LogP contribution in [0, 0.1) is 0 Å². The van der Waals surface area contributed by atoms with Crippen molar-refractivity contribution in [3.63, 3.8) is 0 Å². The summed E-state index contributed by atoms with van der Waals surface area (Å²) in [5.41, 5.74) is 0. The zero-order chi connectivity index (χ0) is 37.3. The molecule has 0 saturated heterocycles. The molecule has 0 aromatic heterocycles. The molecule has 3 N–H and O–H groups in total. The van der Waals surface area contributed by atoms with Gasteiger partial charge in [0.15, 0.2) is 0 Å². The molecule has 51 heavy (non-hydrogen) atoms. The Kier molecular flexibility index (Phi) is 39.3. The molecule has 0 aromatic carbocycles. The van der Waals surface area contributed by atoms with Crippen molar-refractivity contribution in [3.8, 4) is 0 Å². The number of ether oxygens (including phenoxy) is 1. The number of allylic oxidation sites excluding steroid dienone is 5. The van der Waals surface area contributed by atoms with Crippen LogP contribution in [0.25, 0.3) is 0 Å². The molecule has 0 radical (unpaired) electrons. The molecule has 0 aliphatic rings. The van der Waals surface area contributed by atoms with Gasteiger partial charge in [-0.25, -0.2) is 0 Å². The predicted molar refractivity (Wildman–Crippen MR) is 218 cm³/mol. The Hall–Kier alpha value is -1.92. The Labute approximate surface area is 315 Å². The van der Waals surface area contributed by atoms with Gasteiger partial charge in [-0.05, 0) is 83.5 Å². The number of hydrogen-bond donors (Lipinski definition) is 3. The monoisotopic (exact) mass is 718 g/mol. The van der Waals surface area contributed by atoms with Gasteiger partial charge < -0.3 is 20.3 Å². The Morgan fingerprint density at radius 1 is 0.529 bits per heavy atom. The van der Waals surface area contributed by atoms with Crippen LogP contribution in [-0.4, -0.2) is 47.4 Å². The third kappa shape index (κ3) is 37.6. The topological polar surface area (TPSA) is 95.9 Å². The van der Waals surface area contributed by atoms with Crippen LogP contribution in [0.5, 0.6) is 0 Å². The number of carbonyl (C=O) groups is 2. The first-order valence-electron chi connectivity index (χ1n) is 21.8. The van der Waals surface area contributed by atoms with Gasteiger partial charge in [-0.2, -0.15) is 0 Å². The highest BCUT2D eigenvalue weighted by molar-refractivity contribution is 5.76. The summed E-state index contributed by atoms with van der Waals surface area (Å²) in [5.74, 6) is -0.129. The van der Waals surface area contributed by atoms with Gasteiger partial charge in [-0.3, -0.25) is 9.59 Å². The molecule has 0 aromatic rings. The molecule has 0 bridgehead atoms. The average molecular weight is 718 g/mol. The van der Waals surface area contributed by atoms with E-state index in [0.29, 0.717) is 19.4 Å². The molecule has 0 rings (SSSR count). The lowest BCUT2D eigenvalue weighted by Gasteiger charge is -2.19. The molecule has 0 heterocycles. The van der Waals surface area contributed by atoms with Crippen molar-refractivity contribution in [1.82, 2.24) is 5.32 Å². The summed E-state index contributed by atoms with van der Waals surface area (Å²) >= 11 is 0. The average Bonchev–Trinajstić information content (AvgIpc) is 3.13. The second kappa shape index (κ2) is 40.8. The number of aliphatic hydroxyl groups excluding tert-OH is 2. The molecule has 2 atom stereocenters. The summed E-state index contributed by atoms with van der Waals surface area (Å²) < 4.78 is 5.42. The van der Waals surface area contributed by atoms with Crippen LogP contribution in [0.15, 0.2) is 36.5 Å². The summed E-state index contributed by atoms with van der Waals surface area (Å²) in [6.45, 7) is 4.78. The number of amides is 1. The van der Waals surface area contributed by atoms with Crippen molar-refractivity contribution in [1.29, 1.82) is 0 Å². The molecule has 0 saturated carbocycles. The van der Waals surface area contributed by atoms with E-state index in [-0.39, 0.29) is 18.5 Å². The number of nitrogens with one attached hydrogen (secondary N) is 1. The van der Waals surface area contributed by atoms with Crippen LogP contribution in [0.4, 0.5) is 0 Å². The highest BCUT2D eigenvalue weighted by Crippen LogP contribution is 2.12. The van der Waals surface area contributed by atoms with E-state index in [1.165, 1.54) is 116 Å². The van der Waals surface area contributed by atoms with Gasteiger partial charge in [0.2, 0.25) is 5.91 Å². The first-order valence-corrected chi connectivity index (χ1v) is 21.8. The minimum Gasteiger partial charge on any atom is -0.466 e. The van der Waals surface area contributed by atoms with Gasteiger partial charge in [-0.15, -0.1) is 0 Å². The maximum atomic E-state index is 12.3. The van der Waals surface area contributed by atoms with Gasteiger partial charge in [0, 0.05) is 12.8 Å². The van der Waals surface area contributed by atoms with Gasteiger partial charge in [0.1, 0.15) is 0 Å². The highest BCUT2D eigenvalue weighted by Gasteiger charge is 2.17. The van der Waals surface area contributed by atoms with E-state index in [0.717, 1.165) is 70.6 Å². The third-order valence-electron chi connectivity index (χ3n) is 9.63. The van der Waals surface area contributed by atoms with E-state index in [4.69, 9.17) is 4.74 Å². The number of carbonyl (C=O) groups excluding carboxylic acids is 2. The SMILES string of the molecule is CCCCC/C=C\CCCCCCCC(=O)OCCCCCCCC/C=C\CCCCCC(=O)NC(CO)C(O)/C=C/CCCCCCCCC. The Morgan fingerprint density at radius 2 is 0.922 bits per heavy atom. The zero-order valence-electron chi connectivity index (χ0n) is 33.6. The van der Waals surface area contributed by atoms with E-state index < -0.39 is 12.1 Å². The molecule has 2 unspecified atom stereocenters. The van der Waals surface area contributed by atoms with Crippen molar-refractivity contribution < 1.29 is 24.5 Å². The van der Waals surface area contributed by atoms with E-state index in [9.17, 15) is 19.8 Å². The number of hydrogen-bond acceptors (Lipinski definition) is 5. The van der Waals surface area contributed by atoms with Gasteiger partial charge >= 0.3 is 5.97 Å². The van der Waals surface area contributed by atoms with E-state index in [1.54, 1.807) is 6.08 Å². The Balaban J connectivity index is 3.54. The summed E-state index contributed by atoms with van der Waals surface area (Å²) in [5, 5.41) is 22.8. The first-order chi connectivity index (χ1) is 25.0. The molecule has 298 valence electrons. The van der Waals surface area contributed by atoms with Crippen molar-refractivity contribution in [2.75, 3.05) is 13.2 Å². The predicted octanol–water partition coefficient (Wildman–Crippen LogP) is 12.2. The lowest BCUT2D eigenvalue weighted by atomic mass is 10.1. The number of unbranched alkanes of at least 4 members (excludes halogenated alkanes) is 24.